The molecular formula is C13H15N3. The van der Waals surface area contributed by atoms with Crippen LogP contribution in [0.2, 0.25) is 0 Å². The Bertz CT molecular complexity index is 512. The van der Waals surface area contributed by atoms with Gasteiger partial charge in [-0.15, -0.1) is 0 Å². The van der Waals surface area contributed by atoms with Crippen molar-refractivity contribution in [3.63, 3.8) is 0 Å². The maximum atomic E-state index is 5.84. The third-order valence-corrected chi connectivity index (χ3v) is 2.43. The van der Waals surface area contributed by atoms with Crippen molar-refractivity contribution in [2.75, 3.05) is 0 Å². The molecule has 0 fully saturated rings. The summed E-state index contributed by atoms with van der Waals surface area (Å²) in [6.45, 7) is 2.09. The summed E-state index contributed by atoms with van der Waals surface area (Å²) in [5.74, 6) is 0.679. The summed E-state index contributed by atoms with van der Waals surface area (Å²) in [7, 11) is 0. The number of nitrogens with two attached hydrogens (primary N) is 1. The van der Waals surface area contributed by atoms with E-state index in [0.717, 1.165) is 29.3 Å². The van der Waals surface area contributed by atoms with E-state index in [9.17, 15) is 0 Å². The van der Waals surface area contributed by atoms with Gasteiger partial charge in [0.1, 0.15) is 0 Å². The number of benzene rings is 1. The van der Waals surface area contributed by atoms with E-state index in [2.05, 4.69) is 16.9 Å². The molecule has 0 atom stereocenters. The van der Waals surface area contributed by atoms with Gasteiger partial charge in [0, 0.05) is 24.2 Å². The van der Waals surface area contributed by atoms with Crippen LogP contribution >= 0.6 is 0 Å². The largest absolute Gasteiger partial charge is 0.387 e. The molecule has 1 aromatic carbocycles. The van der Waals surface area contributed by atoms with E-state index in [1.807, 2.05) is 30.5 Å². The molecule has 0 radical (unpaired) electrons. The molecule has 3 heteroatoms. The topological polar surface area (TPSA) is 51.3 Å². The first-order valence-electron chi connectivity index (χ1n) is 5.47. The van der Waals surface area contributed by atoms with Crippen molar-refractivity contribution in [3.05, 3.63) is 36.7 Å². The number of hydrogen-bond acceptors (Lipinski definition) is 2. The maximum Gasteiger partial charge on any atom is 0.0996 e. The van der Waals surface area contributed by atoms with Crippen molar-refractivity contribution in [1.29, 1.82) is 0 Å². The molecule has 2 aromatic rings. The van der Waals surface area contributed by atoms with Gasteiger partial charge in [-0.25, -0.2) is 4.99 Å². The zero-order chi connectivity index (χ0) is 11.4. The van der Waals surface area contributed by atoms with Gasteiger partial charge in [0.25, 0.3) is 0 Å². The molecule has 3 nitrogen and oxygen atoms in total. The van der Waals surface area contributed by atoms with Gasteiger partial charge in [-0.3, -0.25) is 4.98 Å². The van der Waals surface area contributed by atoms with Crippen molar-refractivity contribution in [1.82, 2.24) is 4.98 Å². The molecule has 82 valence electrons. The second-order valence-corrected chi connectivity index (χ2v) is 3.73. The van der Waals surface area contributed by atoms with Crippen molar-refractivity contribution in [2.45, 2.75) is 19.8 Å². The smallest absolute Gasteiger partial charge is 0.0996 e. The number of amidine groups is 1. The van der Waals surface area contributed by atoms with Crippen LogP contribution in [0.4, 0.5) is 5.69 Å². The average molecular weight is 213 g/mol. The van der Waals surface area contributed by atoms with Gasteiger partial charge in [0.15, 0.2) is 0 Å². The molecule has 0 saturated carbocycles. The maximum absolute atomic E-state index is 5.84. The standard InChI is InChI=1S/C13H15N3/c1-2-4-13(14)16-12-6-3-5-10-7-8-15-9-11(10)12/h3,5-9H,2,4H2,1H3,(H2,14,16). The fourth-order valence-electron chi connectivity index (χ4n) is 1.66. The lowest BCUT2D eigenvalue weighted by atomic mass is 10.1. The summed E-state index contributed by atoms with van der Waals surface area (Å²) < 4.78 is 0. The van der Waals surface area contributed by atoms with Gasteiger partial charge in [-0.05, 0) is 23.9 Å². The number of hydrogen-bond donors (Lipinski definition) is 1. The highest BCUT2D eigenvalue weighted by Gasteiger charge is 1.99. The van der Waals surface area contributed by atoms with Gasteiger partial charge in [0.05, 0.1) is 11.5 Å². The number of aromatic nitrogens is 1. The minimum Gasteiger partial charge on any atom is -0.387 e. The number of fused-ring (bicyclic) bond motifs is 1. The molecular weight excluding hydrogens is 198 g/mol. The van der Waals surface area contributed by atoms with Crippen LogP contribution in [0.15, 0.2) is 41.7 Å². The Morgan fingerprint density at radius 2 is 2.25 bits per heavy atom. The highest BCUT2D eigenvalue weighted by molar-refractivity contribution is 5.95. The quantitative estimate of drug-likeness (QED) is 0.629. The third kappa shape index (κ3) is 2.19. The molecule has 2 rings (SSSR count). The van der Waals surface area contributed by atoms with Crippen molar-refractivity contribution >= 4 is 22.3 Å². The minimum atomic E-state index is 0.679. The molecule has 0 bridgehead atoms. The Morgan fingerprint density at radius 1 is 1.38 bits per heavy atom. The molecule has 0 aliphatic carbocycles. The summed E-state index contributed by atoms with van der Waals surface area (Å²) in [6, 6.07) is 7.98. The Labute approximate surface area is 95.0 Å². The Kier molecular flexibility index (Phi) is 3.15. The van der Waals surface area contributed by atoms with E-state index in [-0.39, 0.29) is 0 Å². The van der Waals surface area contributed by atoms with E-state index in [1.54, 1.807) is 6.20 Å². The van der Waals surface area contributed by atoms with E-state index >= 15 is 0 Å². The summed E-state index contributed by atoms with van der Waals surface area (Å²) in [5.41, 5.74) is 6.74. The van der Waals surface area contributed by atoms with Crippen LogP contribution in [-0.2, 0) is 0 Å². The summed E-state index contributed by atoms with van der Waals surface area (Å²) >= 11 is 0. The normalized spacial score (nSPS) is 11.9. The fourth-order valence-corrected chi connectivity index (χ4v) is 1.66. The highest BCUT2D eigenvalue weighted by atomic mass is 14.9. The van der Waals surface area contributed by atoms with E-state index in [4.69, 9.17) is 5.73 Å². The minimum absolute atomic E-state index is 0.679. The number of aliphatic imine (C=N–C) groups is 1. The van der Waals surface area contributed by atoms with Gasteiger partial charge < -0.3 is 5.73 Å². The molecule has 1 aromatic heterocycles. The molecule has 16 heavy (non-hydrogen) atoms. The summed E-state index contributed by atoms with van der Waals surface area (Å²) in [6.07, 6.45) is 5.45. The van der Waals surface area contributed by atoms with Crippen LogP contribution < -0.4 is 5.73 Å². The molecule has 0 aliphatic rings. The number of nitrogens with zero attached hydrogens (tertiary/aromatic N) is 2. The second-order valence-electron chi connectivity index (χ2n) is 3.73. The van der Waals surface area contributed by atoms with Crippen LogP contribution in [0.25, 0.3) is 10.8 Å². The van der Waals surface area contributed by atoms with Crippen LogP contribution in [0.1, 0.15) is 19.8 Å². The first kappa shape index (κ1) is 10.6. The van der Waals surface area contributed by atoms with E-state index in [1.165, 1.54) is 0 Å². The number of pyridine rings is 1. The molecule has 0 unspecified atom stereocenters. The fraction of sp³-hybridized carbons (Fsp3) is 0.231. The van der Waals surface area contributed by atoms with Crippen molar-refractivity contribution < 1.29 is 0 Å². The molecule has 0 spiro atoms. The Hall–Kier alpha value is -1.90. The summed E-state index contributed by atoms with van der Waals surface area (Å²) in [5, 5.41) is 2.18. The van der Waals surface area contributed by atoms with Crippen LogP contribution in [-0.4, -0.2) is 10.8 Å². The summed E-state index contributed by atoms with van der Waals surface area (Å²) in [4.78, 5) is 8.55. The predicted molar refractivity (Wildman–Crippen MR) is 67.9 cm³/mol. The van der Waals surface area contributed by atoms with Crippen molar-refractivity contribution in [2.24, 2.45) is 10.7 Å². The molecule has 0 amide bonds. The van der Waals surface area contributed by atoms with Crippen LogP contribution in [0.3, 0.4) is 0 Å². The average Bonchev–Trinajstić information content (AvgIpc) is 2.30. The second kappa shape index (κ2) is 4.75. The van der Waals surface area contributed by atoms with E-state index < -0.39 is 0 Å². The molecule has 0 aliphatic heterocycles. The monoisotopic (exact) mass is 213 g/mol. The van der Waals surface area contributed by atoms with Gasteiger partial charge in [-0.2, -0.15) is 0 Å². The zero-order valence-corrected chi connectivity index (χ0v) is 9.35. The Morgan fingerprint density at radius 3 is 3.06 bits per heavy atom. The highest BCUT2D eigenvalue weighted by Crippen LogP contribution is 2.24. The van der Waals surface area contributed by atoms with Gasteiger partial charge in [0.2, 0.25) is 0 Å². The molecule has 0 saturated heterocycles. The van der Waals surface area contributed by atoms with Gasteiger partial charge in [-0.1, -0.05) is 19.1 Å². The molecule has 1 heterocycles. The lowest BCUT2D eigenvalue weighted by Gasteiger charge is -2.02. The van der Waals surface area contributed by atoms with Crippen molar-refractivity contribution in [3.8, 4) is 0 Å². The van der Waals surface area contributed by atoms with Crippen LogP contribution in [0, 0.1) is 0 Å². The third-order valence-electron chi connectivity index (χ3n) is 2.43. The number of rotatable bonds is 3. The SMILES string of the molecule is CCCC(N)=Nc1cccc2ccncc12. The van der Waals surface area contributed by atoms with E-state index in [0.29, 0.717) is 5.84 Å². The predicted octanol–water partition coefficient (Wildman–Crippen LogP) is 3.02. The lowest BCUT2D eigenvalue weighted by molar-refractivity contribution is 0.983. The van der Waals surface area contributed by atoms with Crippen LogP contribution in [0.5, 0.6) is 0 Å². The first-order valence-corrected chi connectivity index (χ1v) is 5.47. The molecule has 2 N–H and O–H groups in total. The Balaban J connectivity index is 2.48. The zero-order valence-electron chi connectivity index (χ0n) is 9.35. The first-order chi connectivity index (χ1) is 7.81. The lowest BCUT2D eigenvalue weighted by Crippen LogP contribution is -2.09. The van der Waals surface area contributed by atoms with Gasteiger partial charge >= 0.3 is 0 Å².